The molecule has 0 aliphatic rings. The van der Waals surface area contributed by atoms with Crippen molar-refractivity contribution in [3.8, 4) is 11.5 Å². The van der Waals surface area contributed by atoms with E-state index in [0.717, 1.165) is 17.9 Å². The largest absolute Gasteiger partial charge is 0.497 e. The van der Waals surface area contributed by atoms with Gasteiger partial charge in [0, 0.05) is 12.5 Å². The molecule has 21 heavy (non-hydrogen) atoms. The van der Waals surface area contributed by atoms with Crippen LogP contribution in [0.15, 0.2) is 28.8 Å². The highest BCUT2D eigenvalue weighted by Crippen LogP contribution is 2.23. The van der Waals surface area contributed by atoms with Gasteiger partial charge in [-0.25, -0.2) is 0 Å². The number of hydrogen-bond donors (Lipinski definition) is 1. The van der Waals surface area contributed by atoms with Crippen molar-refractivity contribution in [1.29, 1.82) is 0 Å². The minimum atomic E-state index is -0.301. The average Bonchev–Trinajstić information content (AvgIpc) is 2.96. The summed E-state index contributed by atoms with van der Waals surface area (Å²) in [5.74, 6) is 2.67. The zero-order valence-corrected chi connectivity index (χ0v) is 12.8. The molecule has 2 aromatic rings. The van der Waals surface area contributed by atoms with E-state index in [2.05, 4.69) is 22.4 Å². The lowest BCUT2D eigenvalue weighted by atomic mass is 10.2. The Morgan fingerprint density at radius 1 is 1.19 bits per heavy atom. The van der Waals surface area contributed by atoms with Gasteiger partial charge < -0.3 is 19.3 Å². The maximum Gasteiger partial charge on any atom is 0.267 e. The highest BCUT2D eigenvalue weighted by atomic mass is 16.5. The molecule has 2 rings (SSSR count). The Labute approximate surface area is 124 Å². The van der Waals surface area contributed by atoms with E-state index in [1.165, 1.54) is 0 Å². The molecule has 1 aromatic heterocycles. The van der Waals surface area contributed by atoms with E-state index in [4.69, 9.17) is 14.0 Å². The first-order valence-electron chi connectivity index (χ1n) is 6.92. The van der Waals surface area contributed by atoms with Gasteiger partial charge in [-0.1, -0.05) is 5.16 Å². The van der Waals surface area contributed by atoms with E-state index in [9.17, 15) is 0 Å². The summed E-state index contributed by atoms with van der Waals surface area (Å²) in [5.41, 5.74) is 0. The maximum atomic E-state index is 5.78. The molecule has 1 N–H and O–H groups in total. The Kier molecular flexibility index (Phi) is 5.16. The van der Waals surface area contributed by atoms with Crippen molar-refractivity contribution in [2.45, 2.75) is 32.4 Å². The van der Waals surface area contributed by atoms with E-state index in [-0.39, 0.29) is 6.10 Å². The SMILES string of the molecule is CNC(C)Cc1noc(C(C)Oc2ccc(OC)cc2)n1. The number of rotatable bonds is 7. The van der Waals surface area contributed by atoms with Crippen LogP contribution in [0.2, 0.25) is 0 Å². The summed E-state index contributed by atoms with van der Waals surface area (Å²) >= 11 is 0. The lowest BCUT2D eigenvalue weighted by Crippen LogP contribution is -2.24. The van der Waals surface area contributed by atoms with Crippen LogP contribution >= 0.6 is 0 Å². The molecular weight excluding hydrogens is 270 g/mol. The summed E-state index contributed by atoms with van der Waals surface area (Å²) in [6.07, 6.45) is 0.416. The third kappa shape index (κ3) is 4.19. The van der Waals surface area contributed by atoms with Gasteiger partial charge >= 0.3 is 0 Å². The smallest absolute Gasteiger partial charge is 0.267 e. The third-order valence-electron chi connectivity index (χ3n) is 3.19. The number of ether oxygens (including phenoxy) is 2. The zero-order valence-electron chi connectivity index (χ0n) is 12.8. The molecule has 2 atom stereocenters. The first kappa shape index (κ1) is 15.3. The van der Waals surface area contributed by atoms with E-state index >= 15 is 0 Å². The first-order valence-corrected chi connectivity index (χ1v) is 6.92. The van der Waals surface area contributed by atoms with Crippen molar-refractivity contribution in [2.75, 3.05) is 14.2 Å². The Balaban J connectivity index is 1.97. The summed E-state index contributed by atoms with van der Waals surface area (Å²) in [4.78, 5) is 4.36. The van der Waals surface area contributed by atoms with Gasteiger partial charge in [0.05, 0.1) is 7.11 Å². The van der Waals surface area contributed by atoms with Crippen LogP contribution in [0.1, 0.15) is 31.7 Å². The first-order chi connectivity index (χ1) is 10.1. The Hall–Kier alpha value is -2.08. The van der Waals surface area contributed by atoms with E-state index in [1.807, 2.05) is 38.2 Å². The molecule has 0 fully saturated rings. The van der Waals surface area contributed by atoms with Gasteiger partial charge in [-0.05, 0) is 45.2 Å². The second-order valence-corrected chi connectivity index (χ2v) is 4.88. The monoisotopic (exact) mass is 291 g/mol. The highest BCUT2D eigenvalue weighted by Gasteiger charge is 2.17. The van der Waals surface area contributed by atoms with Crippen LogP contribution in [0.4, 0.5) is 0 Å². The van der Waals surface area contributed by atoms with Gasteiger partial charge in [-0.15, -0.1) is 0 Å². The van der Waals surface area contributed by atoms with Crippen molar-refractivity contribution in [3.63, 3.8) is 0 Å². The summed E-state index contributed by atoms with van der Waals surface area (Å²) < 4.78 is 16.1. The second-order valence-electron chi connectivity index (χ2n) is 4.88. The highest BCUT2D eigenvalue weighted by molar-refractivity contribution is 5.31. The predicted molar refractivity (Wildman–Crippen MR) is 78.6 cm³/mol. The van der Waals surface area contributed by atoms with Crippen LogP contribution in [-0.4, -0.2) is 30.3 Å². The van der Waals surface area contributed by atoms with Gasteiger partial charge in [0.25, 0.3) is 5.89 Å². The van der Waals surface area contributed by atoms with Gasteiger partial charge in [-0.3, -0.25) is 0 Å². The van der Waals surface area contributed by atoms with Crippen LogP contribution in [0.5, 0.6) is 11.5 Å². The number of methoxy groups -OCH3 is 1. The second kappa shape index (κ2) is 7.08. The number of nitrogens with one attached hydrogen (secondary N) is 1. The topological polar surface area (TPSA) is 69.4 Å². The molecular formula is C15H21N3O3. The Morgan fingerprint density at radius 2 is 1.86 bits per heavy atom. The van der Waals surface area contributed by atoms with Crippen LogP contribution in [0, 0.1) is 0 Å². The number of nitrogens with zero attached hydrogens (tertiary/aromatic N) is 2. The molecule has 0 saturated carbocycles. The normalized spacial score (nSPS) is 13.7. The Bertz CT molecular complexity index is 554. The number of aromatic nitrogens is 2. The molecule has 0 aliphatic carbocycles. The van der Waals surface area contributed by atoms with Crippen LogP contribution in [-0.2, 0) is 6.42 Å². The molecule has 0 bridgehead atoms. The molecule has 114 valence electrons. The predicted octanol–water partition coefficient (Wildman–Crippen LogP) is 2.37. The molecule has 6 nitrogen and oxygen atoms in total. The summed E-state index contributed by atoms with van der Waals surface area (Å²) in [5, 5.41) is 7.11. The molecule has 2 unspecified atom stereocenters. The number of likely N-dealkylation sites (N-methyl/N-ethyl adjacent to an activating group) is 1. The third-order valence-corrected chi connectivity index (χ3v) is 3.19. The zero-order chi connectivity index (χ0) is 15.2. The molecule has 0 spiro atoms. The van der Waals surface area contributed by atoms with Crippen molar-refractivity contribution < 1.29 is 14.0 Å². The van der Waals surface area contributed by atoms with E-state index in [0.29, 0.717) is 17.8 Å². The summed E-state index contributed by atoms with van der Waals surface area (Å²) in [7, 11) is 3.53. The number of hydrogen-bond acceptors (Lipinski definition) is 6. The van der Waals surface area contributed by atoms with Crippen molar-refractivity contribution >= 4 is 0 Å². The van der Waals surface area contributed by atoms with Gasteiger partial charge in [-0.2, -0.15) is 4.98 Å². The minimum Gasteiger partial charge on any atom is -0.497 e. The summed E-state index contributed by atoms with van der Waals surface area (Å²) in [6, 6.07) is 7.67. The fraction of sp³-hybridized carbons (Fsp3) is 0.467. The standard InChI is InChI=1S/C15H21N3O3/c1-10(16-3)9-14-17-15(21-18-14)11(2)20-13-7-5-12(19-4)6-8-13/h5-8,10-11,16H,9H2,1-4H3. The Morgan fingerprint density at radius 3 is 2.48 bits per heavy atom. The lowest BCUT2D eigenvalue weighted by molar-refractivity contribution is 0.175. The average molecular weight is 291 g/mol. The van der Waals surface area contributed by atoms with Gasteiger partial charge in [0.2, 0.25) is 0 Å². The van der Waals surface area contributed by atoms with E-state index < -0.39 is 0 Å². The van der Waals surface area contributed by atoms with Crippen molar-refractivity contribution in [3.05, 3.63) is 36.0 Å². The molecule has 0 radical (unpaired) electrons. The van der Waals surface area contributed by atoms with Crippen molar-refractivity contribution in [1.82, 2.24) is 15.5 Å². The molecule has 6 heteroatoms. The lowest BCUT2D eigenvalue weighted by Gasteiger charge is -2.11. The molecule has 1 aromatic carbocycles. The van der Waals surface area contributed by atoms with Crippen LogP contribution < -0.4 is 14.8 Å². The fourth-order valence-corrected chi connectivity index (χ4v) is 1.80. The maximum absolute atomic E-state index is 5.78. The van der Waals surface area contributed by atoms with Crippen LogP contribution in [0.25, 0.3) is 0 Å². The molecule has 0 amide bonds. The van der Waals surface area contributed by atoms with Gasteiger partial charge in [0.15, 0.2) is 11.9 Å². The summed E-state index contributed by atoms with van der Waals surface area (Å²) in [6.45, 7) is 3.94. The molecule has 0 aliphatic heterocycles. The van der Waals surface area contributed by atoms with Crippen LogP contribution in [0.3, 0.4) is 0 Å². The molecule has 1 heterocycles. The number of benzene rings is 1. The molecule has 0 saturated heterocycles. The fourth-order valence-electron chi connectivity index (χ4n) is 1.80. The quantitative estimate of drug-likeness (QED) is 0.844. The minimum absolute atomic E-state index is 0.299. The van der Waals surface area contributed by atoms with Gasteiger partial charge in [0.1, 0.15) is 11.5 Å². The van der Waals surface area contributed by atoms with Crippen molar-refractivity contribution in [2.24, 2.45) is 0 Å². The van der Waals surface area contributed by atoms with E-state index in [1.54, 1.807) is 7.11 Å².